The van der Waals surface area contributed by atoms with E-state index in [0.717, 1.165) is 9.86 Å². The van der Waals surface area contributed by atoms with E-state index in [9.17, 15) is 22.8 Å². The van der Waals surface area contributed by atoms with Gasteiger partial charge in [-0.25, -0.2) is 0 Å². The minimum atomic E-state index is -4.31. The van der Waals surface area contributed by atoms with Gasteiger partial charge >= 0.3 is 12.1 Å². The van der Waals surface area contributed by atoms with E-state index < -0.39 is 30.5 Å². The third-order valence-electron chi connectivity index (χ3n) is 4.74. The van der Waals surface area contributed by atoms with Gasteiger partial charge < -0.3 is 10.4 Å². The first-order chi connectivity index (χ1) is 14.6. The lowest BCUT2D eigenvalue weighted by atomic mass is 10.00. The van der Waals surface area contributed by atoms with Crippen molar-refractivity contribution in [2.75, 3.05) is 6.54 Å². The van der Waals surface area contributed by atoms with Gasteiger partial charge in [-0.2, -0.15) is 18.3 Å². The number of carbonyl (C=O) groups is 2. The Balaban J connectivity index is 1.87. The van der Waals surface area contributed by atoms with Crippen LogP contribution in [0.4, 0.5) is 13.2 Å². The fraction of sp³-hybridized carbons (Fsp3) is 0.286. The normalized spacial score (nSPS) is 12.6. The van der Waals surface area contributed by atoms with Crippen LogP contribution in [-0.4, -0.2) is 39.5 Å². The number of benzene rings is 2. The summed E-state index contributed by atoms with van der Waals surface area (Å²) in [6.07, 6.45) is -4.10. The number of aliphatic carboxylic acids is 1. The average molecular weight is 498 g/mol. The first-order valence-corrected chi connectivity index (χ1v) is 10.2. The fourth-order valence-corrected chi connectivity index (χ4v) is 3.62. The lowest BCUT2D eigenvalue weighted by molar-refractivity contribution is -0.137. The molecule has 164 valence electrons. The summed E-state index contributed by atoms with van der Waals surface area (Å²) in [4.78, 5) is 22.7. The van der Waals surface area contributed by atoms with Gasteiger partial charge in [0.1, 0.15) is 0 Å². The van der Waals surface area contributed by atoms with Crippen molar-refractivity contribution in [3.8, 4) is 0 Å². The molecule has 6 nitrogen and oxygen atoms in total. The second kappa shape index (κ2) is 9.51. The topological polar surface area (TPSA) is 84.2 Å². The molecule has 0 bridgehead atoms. The molecule has 1 heterocycles. The van der Waals surface area contributed by atoms with Crippen molar-refractivity contribution in [3.63, 3.8) is 0 Å². The molecular weight excluding hydrogens is 479 g/mol. The Kier molecular flexibility index (Phi) is 6.99. The van der Waals surface area contributed by atoms with Crippen LogP contribution in [0.2, 0.25) is 0 Å². The van der Waals surface area contributed by atoms with Crippen LogP contribution in [0.5, 0.6) is 0 Å². The predicted molar refractivity (Wildman–Crippen MR) is 112 cm³/mol. The van der Waals surface area contributed by atoms with Crippen LogP contribution in [0.1, 0.15) is 41.2 Å². The monoisotopic (exact) mass is 497 g/mol. The number of carboxylic acids is 1. The van der Waals surface area contributed by atoms with E-state index in [1.807, 2.05) is 6.07 Å². The summed E-state index contributed by atoms with van der Waals surface area (Å²) >= 11 is 3.37. The molecule has 2 aromatic carbocycles. The highest BCUT2D eigenvalue weighted by Crippen LogP contribution is 2.32. The molecule has 1 aromatic heterocycles. The molecule has 10 heteroatoms. The lowest BCUT2D eigenvalue weighted by Gasteiger charge is -2.20. The SMILES string of the molecule is O=C(O)CCNC(=O)c1ccc(C(CCC(F)(F)F)n2ncc3cc(Br)ccc32)cc1. The zero-order chi connectivity index (χ0) is 22.6. The highest BCUT2D eigenvalue weighted by molar-refractivity contribution is 9.10. The zero-order valence-corrected chi connectivity index (χ0v) is 17.8. The lowest BCUT2D eigenvalue weighted by Crippen LogP contribution is -2.26. The number of hydrogen-bond donors (Lipinski definition) is 2. The van der Waals surface area contributed by atoms with E-state index in [0.29, 0.717) is 11.1 Å². The van der Waals surface area contributed by atoms with Gasteiger partial charge in [0.05, 0.1) is 24.2 Å². The quantitative estimate of drug-likeness (QED) is 0.461. The number of halogens is 4. The largest absolute Gasteiger partial charge is 0.481 e. The molecule has 0 spiro atoms. The van der Waals surface area contributed by atoms with Crippen LogP contribution in [0.3, 0.4) is 0 Å². The number of hydrogen-bond acceptors (Lipinski definition) is 3. The van der Waals surface area contributed by atoms with Crippen molar-refractivity contribution in [2.45, 2.75) is 31.5 Å². The first-order valence-electron chi connectivity index (χ1n) is 9.43. The van der Waals surface area contributed by atoms with Gasteiger partial charge in [-0.1, -0.05) is 28.1 Å². The minimum Gasteiger partial charge on any atom is -0.481 e. The van der Waals surface area contributed by atoms with Crippen LogP contribution < -0.4 is 5.32 Å². The van der Waals surface area contributed by atoms with Gasteiger partial charge in [0.2, 0.25) is 0 Å². The number of alkyl halides is 3. The second-order valence-corrected chi connectivity index (χ2v) is 7.90. The van der Waals surface area contributed by atoms with E-state index in [2.05, 4.69) is 26.3 Å². The zero-order valence-electron chi connectivity index (χ0n) is 16.2. The minimum absolute atomic E-state index is 0.0149. The molecule has 0 aliphatic rings. The molecule has 0 radical (unpaired) electrons. The first kappa shape index (κ1) is 22.8. The van der Waals surface area contributed by atoms with E-state index >= 15 is 0 Å². The average Bonchev–Trinajstić information content (AvgIpc) is 3.10. The summed E-state index contributed by atoms with van der Waals surface area (Å²) in [5, 5.41) is 16.2. The fourth-order valence-electron chi connectivity index (χ4n) is 3.24. The van der Waals surface area contributed by atoms with Gasteiger partial charge in [0.15, 0.2) is 0 Å². The molecule has 3 aromatic rings. The number of carboxylic acid groups (broad SMARTS) is 1. The summed E-state index contributed by atoms with van der Waals surface area (Å²) < 4.78 is 41.3. The molecule has 3 rings (SSSR count). The molecule has 1 atom stereocenters. The number of nitrogens with zero attached hydrogens (tertiary/aromatic N) is 2. The molecule has 0 saturated carbocycles. The second-order valence-electron chi connectivity index (χ2n) is 6.98. The molecule has 0 aliphatic carbocycles. The Bertz CT molecular complexity index is 1080. The predicted octanol–water partition coefficient (Wildman–Crippen LogP) is 4.94. The highest BCUT2D eigenvalue weighted by Gasteiger charge is 2.30. The standard InChI is InChI=1S/C21H19BrF3N3O3/c22-16-5-6-17-15(11-16)12-27-28(17)18(7-9-21(23,24)25)13-1-3-14(4-2-13)20(31)26-10-8-19(29)30/h1-6,11-12,18H,7-10H2,(H,26,31)(H,29,30). The van der Waals surface area contributed by atoms with Crippen LogP contribution >= 0.6 is 15.9 Å². The summed E-state index contributed by atoms with van der Waals surface area (Å²) in [5.74, 6) is -1.48. The summed E-state index contributed by atoms with van der Waals surface area (Å²) in [7, 11) is 0. The Morgan fingerprint density at radius 3 is 2.52 bits per heavy atom. The van der Waals surface area contributed by atoms with Gasteiger partial charge in [-0.15, -0.1) is 0 Å². The van der Waals surface area contributed by atoms with Crippen LogP contribution in [0.25, 0.3) is 10.9 Å². The van der Waals surface area contributed by atoms with Crippen LogP contribution in [0, 0.1) is 0 Å². The Labute approximate surface area is 184 Å². The number of amides is 1. The Morgan fingerprint density at radius 2 is 1.87 bits per heavy atom. The van der Waals surface area contributed by atoms with E-state index in [-0.39, 0.29) is 24.9 Å². The maximum Gasteiger partial charge on any atom is 0.389 e. The number of nitrogens with one attached hydrogen (secondary N) is 1. The maximum absolute atomic E-state index is 13.0. The molecule has 0 fully saturated rings. The third kappa shape index (κ3) is 6.06. The van der Waals surface area contributed by atoms with Gasteiger partial charge in [0, 0.05) is 28.4 Å². The van der Waals surface area contributed by atoms with E-state index in [1.54, 1.807) is 35.1 Å². The number of fused-ring (bicyclic) bond motifs is 1. The van der Waals surface area contributed by atoms with Crippen molar-refractivity contribution in [1.29, 1.82) is 0 Å². The van der Waals surface area contributed by atoms with Crippen molar-refractivity contribution in [3.05, 3.63) is 64.3 Å². The molecular formula is C21H19BrF3N3O3. The van der Waals surface area contributed by atoms with Crippen molar-refractivity contribution in [2.24, 2.45) is 0 Å². The van der Waals surface area contributed by atoms with Crippen molar-refractivity contribution in [1.82, 2.24) is 15.1 Å². The number of carbonyl (C=O) groups excluding carboxylic acids is 1. The van der Waals surface area contributed by atoms with Gasteiger partial charge in [-0.3, -0.25) is 14.3 Å². The summed E-state index contributed by atoms with van der Waals surface area (Å²) in [6, 6.07) is 11.0. The highest BCUT2D eigenvalue weighted by atomic mass is 79.9. The third-order valence-corrected chi connectivity index (χ3v) is 5.23. The van der Waals surface area contributed by atoms with Crippen LogP contribution in [-0.2, 0) is 4.79 Å². The smallest absolute Gasteiger partial charge is 0.389 e. The summed E-state index contributed by atoms with van der Waals surface area (Å²) in [5.41, 5.74) is 1.57. The van der Waals surface area contributed by atoms with Gasteiger partial charge in [-0.05, 0) is 42.3 Å². The van der Waals surface area contributed by atoms with Gasteiger partial charge in [0.25, 0.3) is 5.91 Å². The van der Waals surface area contributed by atoms with Crippen LogP contribution in [0.15, 0.2) is 53.1 Å². The molecule has 0 saturated heterocycles. The van der Waals surface area contributed by atoms with E-state index in [4.69, 9.17) is 5.11 Å². The van der Waals surface area contributed by atoms with E-state index in [1.165, 1.54) is 12.1 Å². The number of aromatic nitrogens is 2. The molecule has 31 heavy (non-hydrogen) atoms. The Hall–Kier alpha value is -2.88. The summed E-state index contributed by atoms with van der Waals surface area (Å²) in [6.45, 7) is -0.0149. The molecule has 1 amide bonds. The van der Waals surface area contributed by atoms with Crippen molar-refractivity contribution >= 4 is 38.7 Å². The van der Waals surface area contributed by atoms with Crippen molar-refractivity contribution < 1.29 is 27.9 Å². The number of rotatable bonds is 8. The molecule has 0 aliphatic heterocycles. The molecule has 2 N–H and O–H groups in total. The Morgan fingerprint density at radius 1 is 1.16 bits per heavy atom. The maximum atomic E-state index is 13.0. The molecule has 1 unspecified atom stereocenters.